The van der Waals surface area contributed by atoms with E-state index in [4.69, 9.17) is 0 Å². The number of hydrogen-bond donors (Lipinski definition) is 1. The van der Waals surface area contributed by atoms with Gasteiger partial charge in [0, 0.05) is 11.1 Å². The number of phenols is 1. The van der Waals surface area contributed by atoms with Crippen LogP contribution in [0.1, 0.15) is 16.7 Å². The molecule has 2 aromatic carbocycles. The van der Waals surface area contributed by atoms with Crippen molar-refractivity contribution in [2.45, 2.75) is 0 Å². The smallest absolute Gasteiger partial charge is 0.131 e. The molecule has 1 N–H and O–H groups in total. The van der Waals surface area contributed by atoms with E-state index in [1.807, 2.05) is 36.4 Å². The van der Waals surface area contributed by atoms with Crippen molar-refractivity contribution in [3.8, 4) is 16.9 Å². The van der Waals surface area contributed by atoms with E-state index in [2.05, 4.69) is 19.7 Å². The van der Waals surface area contributed by atoms with Gasteiger partial charge in [0.2, 0.25) is 0 Å². The van der Waals surface area contributed by atoms with Crippen molar-refractivity contribution in [2.24, 2.45) is 0 Å². The largest absolute Gasteiger partial charge is 0.507 e. The van der Waals surface area contributed by atoms with Crippen LogP contribution in [0.2, 0.25) is 0 Å². The zero-order valence-electron chi connectivity index (χ0n) is 10.8. The second-order valence-electron chi connectivity index (χ2n) is 4.17. The van der Waals surface area contributed by atoms with Crippen LogP contribution in [0.15, 0.2) is 56.1 Å². The molecule has 0 amide bonds. The van der Waals surface area contributed by atoms with Crippen LogP contribution in [-0.4, -0.2) is 5.11 Å². The maximum Gasteiger partial charge on any atom is 0.131 e. The molecule has 0 radical (unpaired) electrons. The second kappa shape index (κ2) is 5.40. The Kier molecular flexibility index (Phi) is 3.67. The standard InChI is InChI=1S/C18H16O/c1-4-13-12-14(5-2)17(18(19)16(13)6-3)15-10-8-7-9-11-15/h4-12,19H,1-3H2. The third-order valence-corrected chi connectivity index (χ3v) is 3.11. The lowest BCUT2D eigenvalue weighted by Gasteiger charge is -2.14. The van der Waals surface area contributed by atoms with Gasteiger partial charge in [-0.1, -0.05) is 68.3 Å². The van der Waals surface area contributed by atoms with E-state index >= 15 is 0 Å². The lowest BCUT2D eigenvalue weighted by Crippen LogP contribution is -1.91. The summed E-state index contributed by atoms with van der Waals surface area (Å²) in [6.07, 6.45) is 5.09. The van der Waals surface area contributed by atoms with Crippen molar-refractivity contribution in [1.82, 2.24) is 0 Å². The molecule has 94 valence electrons. The van der Waals surface area contributed by atoms with E-state index < -0.39 is 0 Å². The molecule has 2 rings (SSSR count). The maximum absolute atomic E-state index is 10.5. The first-order valence-corrected chi connectivity index (χ1v) is 6.05. The molecule has 0 fully saturated rings. The fourth-order valence-corrected chi connectivity index (χ4v) is 2.18. The third-order valence-electron chi connectivity index (χ3n) is 3.11. The molecule has 0 heterocycles. The Balaban J connectivity index is 2.83. The summed E-state index contributed by atoms with van der Waals surface area (Å²) >= 11 is 0. The molecule has 1 nitrogen and oxygen atoms in total. The number of benzene rings is 2. The molecule has 0 spiro atoms. The normalized spacial score (nSPS) is 9.89. The van der Waals surface area contributed by atoms with Crippen LogP contribution in [0.25, 0.3) is 29.4 Å². The molecule has 0 bridgehead atoms. The van der Waals surface area contributed by atoms with Gasteiger partial charge in [0.1, 0.15) is 5.75 Å². The highest BCUT2D eigenvalue weighted by molar-refractivity contribution is 5.87. The number of phenolic OH excluding ortho intramolecular Hbond substituents is 1. The molecule has 19 heavy (non-hydrogen) atoms. The van der Waals surface area contributed by atoms with Gasteiger partial charge in [-0.15, -0.1) is 0 Å². The Morgan fingerprint density at radius 1 is 0.842 bits per heavy atom. The van der Waals surface area contributed by atoms with Crippen LogP contribution >= 0.6 is 0 Å². The Labute approximate surface area is 113 Å². The lowest BCUT2D eigenvalue weighted by molar-refractivity contribution is 0.476. The first-order chi connectivity index (χ1) is 9.22. The van der Waals surface area contributed by atoms with E-state index in [1.165, 1.54) is 0 Å². The Morgan fingerprint density at radius 3 is 2.00 bits per heavy atom. The average Bonchev–Trinajstić information content (AvgIpc) is 2.46. The molecule has 0 atom stereocenters. The number of rotatable bonds is 4. The Bertz CT molecular complexity index is 636. The average molecular weight is 248 g/mol. The summed E-state index contributed by atoms with van der Waals surface area (Å²) in [6, 6.07) is 11.7. The third kappa shape index (κ3) is 2.23. The quantitative estimate of drug-likeness (QED) is 0.808. The molecule has 1 heteroatoms. The predicted molar refractivity (Wildman–Crippen MR) is 83.8 cm³/mol. The van der Waals surface area contributed by atoms with E-state index in [9.17, 15) is 5.11 Å². The monoisotopic (exact) mass is 248 g/mol. The molecule has 0 saturated carbocycles. The minimum Gasteiger partial charge on any atom is -0.507 e. The number of aromatic hydroxyl groups is 1. The van der Waals surface area contributed by atoms with Crippen LogP contribution < -0.4 is 0 Å². The molecule has 0 aliphatic heterocycles. The minimum atomic E-state index is 0.216. The van der Waals surface area contributed by atoms with Crippen molar-refractivity contribution < 1.29 is 5.11 Å². The maximum atomic E-state index is 10.5. The summed E-state index contributed by atoms with van der Waals surface area (Å²) in [5.74, 6) is 0.216. The zero-order chi connectivity index (χ0) is 13.8. The summed E-state index contributed by atoms with van der Waals surface area (Å²) in [7, 11) is 0. The molecule has 2 aromatic rings. The van der Waals surface area contributed by atoms with Gasteiger partial charge in [-0.05, 0) is 22.8 Å². The van der Waals surface area contributed by atoms with Crippen LogP contribution in [0, 0.1) is 0 Å². The summed E-state index contributed by atoms with van der Waals surface area (Å²) in [5, 5.41) is 10.5. The van der Waals surface area contributed by atoms with E-state index in [0.717, 1.165) is 22.3 Å². The van der Waals surface area contributed by atoms with Gasteiger partial charge >= 0.3 is 0 Å². The summed E-state index contributed by atoms with van der Waals surface area (Å²) < 4.78 is 0. The Morgan fingerprint density at radius 2 is 1.47 bits per heavy atom. The van der Waals surface area contributed by atoms with Crippen molar-refractivity contribution >= 4 is 18.2 Å². The van der Waals surface area contributed by atoms with Crippen LogP contribution in [0.5, 0.6) is 5.75 Å². The van der Waals surface area contributed by atoms with Gasteiger partial charge in [0.15, 0.2) is 0 Å². The zero-order valence-corrected chi connectivity index (χ0v) is 10.8. The van der Waals surface area contributed by atoms with Gasteiger partial charge in [-0.3, -0.25) is 0 Å². The summed E-state index contributed by atoms with van der Waals surface area (Å²) in [4.78, 5) is 0. The lowest BCUT2D eigenvalue weighted by atomic mass is 9.92. The SMILES string of the molecule is C=Cc1cc(C=C)c(-c2ccccc2)c(O)c1C=C. The van der Waals surface area contributed by atoms with Crippen LogP contribution in [0.4, 0.5) is 0 Å². The van der Waals surface area contributed by atoms with E-state index in [0.29, 0.717) is 5.56 Å². The first-order valence-electron chi connectivity index (χ1n) is 6.05. The second-order valence-corrected chi connectivity index (χ2v) is 4.17. The molecular weight excluding hydrogens is 232 g/mol. The highest BCUT2D eigenvalue weighted by Gasteiger charge is 2.14. The summed E-state index contributed by atoms with van der Waals surface area (Å²) in [6.45, 7) is 11.3. The molecule has 0 saturated heterocycles. The first kappa shape index (κ1) is 12.9. The van der Waals surface area contributed by atoms with Crippen LogP contribution in [0.3, 0.4) is 0 Å². The van der Waals surface area contributed by atoms with E-state index in [1.54, 1.807) is 18.2 Å². The molecule has 0 unspecified atom stereocenters. The van der Waals surface area contributed by atoms with E-state index in [-0.39, 0.29) is 5.75 Å². The topological polar surface area (TPSA) is 20.2 Å². The highest BCUT2D eigenvalue weighted by atomic mass is 16.3. The van der Waals surface area contributed by atoms with Crippen molar-refractivity contribution in [3.05, 3.63) is 72.8 Å². The highest BCUT2D eigenvalue weighted by Crippen LogP contribution is 2.39. The van der Waals surface area contributed by atoms with Crippen molar-refractivity contribution in [2.75, 3.05) is 0 Å². The van der Waals surface area contributed by atoms with Gasteiger partial charge in [0.25, 0.3) is 0 Å². The molecule has 0 aliphatic carbocycles. The predicted octanol–water partition coefficient (Wildman–Crippen LogP) is 4.99. The van der Waals surface area contributed by atoms with Crippen molar-refractivity contribution in [3.63, 3.8) is 0 Å². The fraction of sp³-hybridized carbons (Fsp3) is 0. The summed E-state index contributed by atoms with van der Waals surface area (Å²) in [5.41, 5.74) is 4.15. The van der Waals surface area contributed by atoms with Gasteiger partial charge in [-0.25, -0.2) is 0 Å². The fourth-order valence-electron chi connectivity index (χ4n) is 2.18. The Hall–Kier alpha value is -2.54. The minimum absolute atomic E-state index is 0.216. The number of hydrogen-bond acceptors (Lipinski definition) is 1. The molecular formula is C18H16O. The van der Waals surface area contributed by atoms with Gasteiger partial charge in [-0.2, -0.15) is 0 Å². The van der Waals surface area contributed by atoms with Gasteiger partial charge < -0.3 is 5.11 Å². The van der Waals surface area contributed by atoms with Gasteiger partial charge in [0.05, 0.1) is 0 Å². The van der Waals surface area contributed by atoms with Crippen molar-refractivity contribution in [1.29, 1.82) is 0 Å². The molecule has 0 aliphatic rings. The molecule has 0 aromatic heterocycles. The van der Waals surface area contributed by atoms with Crippen LogP contribution in [-0.2, 0) is 0 Å².